The van der Waals surface area contributed by atoms with E-state index in [0.717, 1.165) is 31.1 Å². The summed E-state index contributed by atoms with van der Waals surface area (Å²) in [5, 5.41) is 17.5. The number of nitrogens with zero attached hydrogens (tertiary/aromatic N) is 1. The Balaban J connectivity index is 1.71. The Morgan fingerprint density at radius 1 is 1.29 bits per heavy atom. The number of carbonyl (C=O) groups excluding carboxylic acids is 1. The van der Waals surface area contributed by atoms with Crippen molar-refractivity contribution in [3.63, 3.8) is 0 Å². The summed E-state index contributed by atoms with van der Waals surface area (Å²) in [6.45, 7) is -0.00168. The Kier molecular flexibility index (Phi) is 3.92. The molecule has 1 aliphatic rings. The Bertz CT molecular complexity index is 629. The molecule has 2 aromatic rings. The van der Waals surface area contributed by atoms with Gasteiger partial charge in [0.1, 0.15) is 5.69 Å². The quantitative estimate of drug-likeness (QED) is 0.904. The molecule has 1 aliphatic carbocycles. The fraction of sp³-hybridized carbons (Fsp3) is 0.500. The number of aliphatic hydroxyl groups excluding tert-OH is 1. The van der Waals surface area contributed by atoms with Crippen molar-refractivity contribution in [3.8, 4) is 0 Å². The van der Waals surface area contributed by atoms with Gasteiger partial charge >= 0.3 is 0 Å². The lowest BCUT2D eigenvalue weighted by Gasteiger charge is -2.36. The number of amides is 1. The first-order valence-corrected chi connectivity index (χ1v) is 7.48. The SMILES string of the molecule is O=C(Cc1noc2ccccc12)NC1(CO)CCCCC1. The molecule has 5 nitrogen and oxygen atoms in total. The van der Waals surface area contributed by atoms with Crippen LogP contribution in [0, 0.1) is 0 Å². The van der Waals surface area contributed by atoms with Crippen LogP contribution in [0.4, 0.5) is 0 Å². The second-order valence-electron chi connectivity index (χ2n) is 5.85. The van der Waals surface area contributed by atoms with Gasteiger partial charge in [-0.15, -0.1) is 0 Å². The first-order valence-electron chi connectivity index (χ1n) is 7.48. The number of carbonyl (C=O) groups is 1. The molecule has 0 atom stereocenters. The van der Waals surface area contributed by atoms with Gasteiger partial charge < -0.3 is 14.9 Å². The highest BCUT2D eigenvalue weighted by Gasteiger charge is 2.33. The van der Waals surface area contributed by atoms with Crippen molar-refractivity contribution in [2.45, 2.75) is 44.1 Å². The molecule has 1 heterocycles. The maximum absolute atomic E-state index is 12.3. The lowest BCUT2D eigenvalue weighted by Crippen LogP contribution is -2.53. The van der Waals surface area contributed by atoms with Crippen LogP contribution >= 0.6 is 0 Å². The fourth-order valence-electron chi connectivity index (χ4n) is 3.11. The van der Waals surface area contributed by atoms with E-state index in [1.54, 1.807) is 0 Å². The molecule has 112 valence electrons. The molecule has 0 saturated heterocycles. The molecule has 0 aliphatic heterocycles. The molecule has 0 spiro atoms. The van der Waals surface area contributed by atoms with Crippen LogP contribution in [0.3, 0.4) is 0 Å². The predicted octanol–water partition coefficient (Wildman–Crippen LogP) is 2.18. The second-order valence-corrected chi connectivity index (χ2v) is 5.85. The van der Waals surface area contributed by atoms with Crippen LogP contribution < -0.4 is 5.32 Å². The molecule has 21 heavy (non-hydrogen) atoms. The van der Waals surface area contributed by atoms with Gasteiger partial charge in [-0.2, -0.15) is 0 Å². The van der Waals surface area contributed by atoms with Crippen molar-refractivity contribution in [2.75, 3.05) is 6.61 Å². The van der Waals surface area contributed by atoms with Crippen LogP contribution in [-0.2, 0) is 11.2 Å². The van der Waals surface area contributed by atoms with E-state index in [2.05, 4.69) is 10.5 Å². The number of rotatable bonds is 4. The monoisotopic (exact) mass is 288 g/mol. The Morgan fingerprint density at radius 3 is 2.81 bits per heavy atom. The summed E-state index contributed by atoms with van der Waals surface area (Å²) < 4.78 is 5.21. The fourth-order valence-corrected chi connectivity index (χ4v) is 3.11. The zero-order chi connectivity index (χ0) is 14.7. The highest BCUT2D eigenvalue weighted by molar-refractivity contribution is 5.86. The molecule has 2 N–H and O–H groups in total. The Labute approximate surface area is 123 Å². The van der Waals surface area contributed by atoms with Crippen molar-refractivity contribution in [1.82, 2.24) is 10.5 Å². The number of para-hydroxylation sites is 1. The van der Waals surface area contributed by atoms with Crippen molar-refractivity contribution in [2.24, 2.45) is 0 Å². The molecular weight excluding hydrogens is 268 g/mol. The summed E-state index contributed by atoms with van der Waals surface area (Å²) in [5.74, 6) is -0.106. The van der Waals surface area contributed by atoms with Crippen molar-refractivity contribution in [3.05, 3.63) is 30.0 Å². The van der Waals surface area contributed by atoms with Crippen LogP contribution in [0.25, 0.3) is 11.0 Å². The maximum Gasteiger partial charge on any atom is 0.226 e. The average Bonchev–Trinajstić information content (AvgIpc) is 2.91. The van der Waals surface area contributed by atoms with Crippen molar-refractivity contribution in [1.29, 1.82) is 0 Å². The van der Waals surface area contributed by atoms with Gasteiger partial charge in [-0.3, -0.25) is 4.79 Å². The number of fused-ring (bicyclic) bond motifs is 1. The summed E-state index contributed by atoms with van der Waals surface area (Å²) in [6, 6.07) is 7.51. The minimum absolute atomic E-state index is 0.00168. The highest BCUT2D eigenvalue weighted by Crippen LogP contribution is 2.28. The van der Waals surface area contributed by atoms with Crippen LogP contribution in [0.15, 0.2) is 28.8 Å². The van der Waals surface area contributed by atoms with Crippen LogP contribution in [0.1, 0.15) is 37.8 Å². The van der Waals surface area contributed by atoms with Gasteiger partial charge in [0.25, 0.3) is 0 Å². The maximum atomic E-state index is 12.3. The minimum atomic E-state index is -0.450. The lowest BCUT2D eigenvalue weighted by atomic mass is 9.82. The molecule has 0 bridgehead atoms. The van der Waals surface area contributed by atoms with Gasteiger partial charge in [-0.25, -0.2) is 0 Å². The van der Waals surface area contributed by atoms with E-state index in [0.29, 0.717) is 11.3 Å². The number of aromatic nitrogens is 1. The van der Waals surface area contributed by atoms with Crippen molar-refractivity contribution < 1.29 is 14.4 Å². The van der Waals surface area contributed by atoms with Crippen molar-refractivity contribution >= 4 is 16.9 Å². The molecule has 5 heteroatoms. The molecule has 0 radical (unpaired) electrons. The highest BCUT2D eigenvalue weighted by atomic mass is 16.5. The molecule has 3 rings (SSSR count). The van der Waals surface area contributed by atoms with E-state index in [9.17, 15) is 9.90 Å². The van der Waals surface area contributed by atoms with E-state index in [1.165, 1.54) is 6.42 Å². The minimum Gasteiger partial charge on any atom is -0.394 e. The number of hydrogen-bond donors (Lipinski definition) is 2. The Hall–Kier alpha value is -1.88. The summed E-state index contributed by atoms with van der Waals surface area (Å²) in [7, 11) is 0. The number of aliphatic hydroxyl groups is 1. The third-order valence-corrected chi connectivity index (χ3v) is 4.30. The third kappa shape index (κ3) is 2.93. The van der Waals surface area contributed by atoms with Crippen LogP contribution in [0.5, 0.6) is 0 Å². The van der Waals surface area contributed by atoms with Gasteiger partial charge in [0, 0.05) is 5.39 Å². The van der Waals surface area contributed by atoms with Crippen LogP contribution in [0.2, 0.25) is 0 Å². The zero-order valence-corrected chi connectivity index (χ0v) is 12.0. The second kappa shape index (κ2) is 5.85. The molecule has 1 aromatic heterocycles. The van der Waals surface area contributed by atoms with E-state index < -0.39 is 5.54 Å². The molecule has 1 amide bonds. The first kappa shape index (κ1) is 14.1. The zero-order valence-electron chi connectivity index (χ0n) is 12.0. The summed E-state index contributed by atoms with van der Waals surface area (Å²) in [5.41, 5.74) is 0.886. The molecule has 1 saturated carbocycles. The van der Waals surface area contributed by atoms with E-state index in [-0.39, 0.29) is 18.9 Å². The van der Waals surface area contributed by atoms with E-state index in [1.807, 2.05) is 24.3 Å². The first-order chi connectivity index (χ1) is 10.2. The molecule has 0 unspecified atom stereocenters. The van der Waals surface area contributed by atoms with Crippen LogP contribution in [-0.4, -0.2) is 28.3 Å². The van der Waals surface area contributed by atoms with Gasteiger partial charge in [-0.1, -0.05) is 36.6 Å². The lowest BCUT2D eigenvalue weighted by molar-refractivity contribution is -0.123. The average molecular weight is 288 g/mol. The molecular formula is C16H20N2O3. The Morgan fingerprint density at radius 2 is 2.05 bits per heavy atom. The standard InChI is InChI=1S/C16H20N2O3/c19-11-16(8-4-1-5-9-16)17-15(20)10-13-12-6-2-3-7-14(12)21-18-13/h2-3,6-7,19H,1,4-5,8-11H2,(H,17,20). The van der Waals surface area contributed by atoms with Gasteiger partial charge in [0.05, 0.1) is 18.6 Å². The smallest absolute Gasteiger partial charge is 0.226 e. The van der Waals surface area contributed by atoms with Gasteiger partial charge in [0.15, 0.2) is 5.58 Å². The summed E-state index contributed by atoms with van der Waals surface area (Å²) in [6.07, 6.45) is 5.13. The number of hydrogen-bond acceptors (Lipinski definition) is 4. The normalized spacial score (nSPS) is 17.8. The number of benzene rings is 1. The summed E-state index contributed by atoms with van der Waals surface area (Å²) in [4.78, 5) is 12.3. The molecule has 1 aromatic carbocycles. The topological polar surface area (TPSA) is 75.4 Å². The largest absolute Gasteiger partial charge is 0.394 e. The predicted molar refractivity (Wildman–Crippen MR) is 78.8 cm³/mol. The number of nitrogens with one attached hydrogen (secondary N) is 1. The third-order valence-electron chi connectivity index (χ3n) is 4.30. The summed E-state index contributed by atoms with van der Waals surface area (Å²) >= 11 is 0. The van der Waals surface area contributed by atoms with E-state index >= 15 is 0 Å². The van der Waals surface area contributed by atoms with E-state index in [4.69, 9.17) is 4.52 Å². The van der Waals surface area contributed by atoms with Gasteiger partial charge in [-0.05, 0) is 25.0 Å². The van der Waals surface area contributed by atoms with Gasteiger partial charge in [0.2, 0.25) is 5.91 Å². The molecule has 1 fully saturated rings.